The maximum absolute atomic E-state index is 11.7. The first kappa shape index (κ1) is 41.3. The van der Waals surface area contributed by atoms with Gasteiger partial charge in [0.25, 0.3) is 0 Å². The third kappa shape index (κ3) is 8.21. The summed E-state index contributed by atoms with van der Waals surface area (Å²) in [6.45, 7) is 19.6. The number of hydrogen-bond acceptors (Lipinski definition) is 5. The van der Waals surface area contributed by atoms with Gasteiger partial charge in [0.1, 0.15) is 5.58 Å². The van der Waals surface area contributed by atoms with E-state index in [0.29, 0.717) is 0 Å². The van der Waals surface area contributed by atoms with Crippen LogP contribution < -0.4 is 5.19 Å². The molecule has 7 heteroatoms. The van der Waals surface area contributed by atoms with Gasteiger partial charge in [-0.3, -0.25) is 4.79 Å². The Bertz CT molecular complexity index is 2440. The van der Waals surface area contributed by atoms with Crippen LogP contribution >= 0.6 is 11.3 Å². The molecule has 4 nitrogen and oxygen atoms in total. The molecule has 54 heavy (non-hydrogen) atoms. The Morgan fingerprint density at radius 3 is 2.15 bits per heavy atom. The number of rotatable bonds is 10. The average Bonchev–Trinajstić information content (AvgIpc) is 3.70. The number of ketones is 1. The van der Waals surface area contributed by atoms with Crippen LogP contribution in [0.25, 0.3) is 64.5 Å². The van der Waals surface area contributed by atoms with Crippen LogP contribution in [0.2, 0.25) is 19.6 Å². The summed E-state index contributed by atoms with van der Waals surface area (Å²) in [4.78, 5) is 17.9. The summed E-state index contributed by atoms with van der Waals surface area (Å²) in [6, 6.07) is 29.9. The van der Waals surface area contributed by atoms with Crippen LogP contribution in [-0.2, 0) is 24.9 Å². The normalized spacial score (nSPS) is 12.2. The zero-order valence-corrected chi connectivity index (χ0v) is 37.2. The number of allylic oxidation sites excluding steroid dienone is 2. The predicted molar refractivity (Wildman–Crippen MR) is 230 cm³/mol. The fourth-order valence-electron chi connectivity index (χ4n) is 7.35. The minimum Gasteiger partial charge on any atom is -0.512 e. The molecule has 4 aromatic carbocycles. The number of carbonyl (C=O) groups excluding carboxylic acids is 1. The number of hydrogen-bond donors (Lipinski definition) is 1. The molecule has 0 amide bonds. The molecule has 0 aliphatic carbocycles. The number of thiophene rings is 1. The van der Waals surface area contributed by atoms with Crippen molar-refractivity contribution >= 4 is 73.2 Å². The molecule has 0 unspecified atom stereocenters. The van der Waals surface area contributed by atoms with E-state index >= 15 is 0 Å². The van der Waals surface area contributed by atoms with Gasteiger partial charge in [0.2, 0.25) is 0 Å². The van der Waals surface area contributed by atoms with Crippen LogP contribution in [0.4, 0.5) is 0 Å². The van der Waals surface area contributed by atoms with Gasteiger partial charge >= 0.3 is 0 Å². The van der Waals surface area contributed by atoms with Crippen molar-refractivity contribution < 1.29 is 34.4 Å². The van der Waals surface area contributed by atoms with E-state index in [0.717, 1.165) is 69.8 Å². The number of fused-ring (bicyclic) bond motifs is 6. The molecule has 0 saturated heterocycles. The van der Waals surface area contributed by atoms with Crippen molar-refractivity contribution in [3.8, 4) is 21.7 Å². The van der Waals surface area contributed by atoms with Gasteiger partial charge in [-0.1, -0.05) is 131 Å². The molecule has 0 saturated carbocycles. The van der Waals surface area contributed by atoms with Crippen LogP contribution in [0.5, 0.6) is 0 Å². The van der Waals surface area contributed by atoms with E-state index in [4.69, 9.17) is 9.40 Å². The van der Waals surface area contributed by atoms with E-state index in [-0.39, 0.29) is 43.5 Å². The van der Waals surface area contributed by atoms with E-state index in [1.54, 1.807) is 0 Å². The van der Waals surface area contributed by atoms with Crippen molar-refractivity contribution in [1.29, 1.82) is 0 Å². The number of aromatic nitrogens is 1. The van der Waals surface area contributed by atoms with Crippen molar-refractivity contribution in [3.63, 3.8) is 0 Å². The molecule has 3 aromatic heterocycles. The summed E-state index contributed by atoms with van der Waals surface area (Å²) in [7, 11) is -1.34. The van der Waals surface area contributed by atoms with Gasteiger partial charge in [-0.05, 0) is 60.6 Å². The van der Waals surface area contributed by atoms with Crippen LogP contribution in [0.15, 0.2) is 95.2 Å². The fraction of sp³-hybridized carbons (Fsp3) is 0.319. The van der Waals surface area contributed by atoms with Crippen molar-refractivity contribution in [2.75, 3.05) is 0 Å². The Hall–Kier alpha value is -3.87. The van der Waals surface area contributed by atoms with Crippen molar-refractivity contribution in [2.24, 2.45) is 11.8 Å². The molecular formula is C47H52IrNO3SSi-. The molecule has 7 rings (SSSR count). The van der Waals surface area contributed by atoms with Crippen LogP contribution in [0.3, 0.4) is 0 Å². The minimum absolute atomic E-state index is 0. The maximum Gasteiger partial charge on any atom is 0.162 e. The minimum atomic E-state index is -1.34. The Morgan fingerprint density at radius 1 is 0.833 bits per heavy atom. The molecule has 0 bridgehead atoms. The van der Waals surface area contributed by atoms with Gasteiger partial charge in [0.15, 0.2) is 5.78 Å². The smallest absolute Gasteiger partial charge is 0.162 e. The van der Waals surface area contributed by atoms with Gasteiger partial charge < -0.3 is 14.5 Å². The number of carbonyl (C=O) groups is 1. The molecule has 283 valence electrons. The van der Waals surface area contributed by atoms with Gasteiger partial charge in [-0.25, -0.2) is 0 Å². The second kappa shape index (κ2) is 17.3. The van der Waals surface area contributed by atoms with E-state index in [1.807, 2.05) is 45.2 Å². The van der Waals surface area contributed by atoms with Gasteiger partial charge in [-0.15, -0.1) is 29.0 Å². The number of aliphatic hydroxyl groups is 1. The summed E-state index contributed by atoms with van der Waals surface area (Å²) >= 11 is 1.82. The summed E-state index contributed by atoms with van der Waals surface area (Å²) in [6.07, 6.45) is 6.83. The van der Waals surface area contributed by atoms with E-state index < -0.39 is 8.07 Å². The third-order valence-electron chi connectivity index (χ3n) is 10.7. The number of pyridine rings is 1. The van der Waals surface area contributed by atoms with Crippen molar-refractivity contribution in [3.05, 3.63) is 108 Å². The van der Waals surface area contributed by atoms with Crippen molar-refractivity contribution in [2.45, 2.75) is 86.9 Å². The first-order chi connectivity index (χ1) is 25.4. The maximum atomic E-state index is 11.7. The van der Waals surface area contributed by atoms with Gasteiger partial charge in [0, 0.05) is 70.3 Å². The largest absolute Gasteiger partial charge is 0.512 e. The van der Waals surface area contributed by atoms with Gasteiger partial charge in [-0.2, -0.15) is 0 Å². The summed E-state index contributed by atoms with van der Waals surface area (Å²) in [5.74, 6) is 0.547. The number of furan rings is 1. The second-order valence-corrected chi connectivity index (χ2v) is 21.4. The standard InChI is InChI=1S/C34H28NOSSi.C13H24O2.Ir/c1-20-18-28-27-15-12-22-8-6-7-9-26(22)31(27)36-32(28)29(19-20)30-34-25(16-17-35-30)21(2)33(37-34)23-10-13-24(14-11-23)38(3,4)5;1-5-10(6-2)12(14)9-13(15)11(7-3)8-4;/h6-18H,1-5H3;9-11,14H,5-8H2,1-4H3;/q-1;;/b;12-9-;. The molecule has 1 N–H and O–H groups in total. The number of aliphatic hydroxyl groups excluding tert-OH is 1. The van der Waals surface area contributed by atoms with Crippen LogP contribution in [0.1, 0.15) is 64.5 Å². The third-order valence-corrected chi connectivity index (χ3v) is 14.1. The molecule has 0 atom stereocenters. The molecular weight excluding hydrogens is 879 g/mol. The predicted octanol–water partition coefficient (Wildman–Crippen LogP) is 13.5. The second-order valence-electron chi connectivity index (χ2n) is 15.3. The average molecular weight is 931 g/mol. The molecule has 7 aromatic rings. The Balaban J connectivity index is 0.000000301. The monoisotopic (exact) mass is 931 g/mol. The Kier molecular flexibility index (Phi) is 13.2. The SMILES string of the molecule is CCC(CC)C(=O)/C=C(\O)C(CC)CC.Cc1[c-]c(-c2nccc3c(C)c(-c4ccc([Si](C)(C)C)cc4)sc23)c2oc3c4ccccc4ccc3c2c1.[Ir]. The van der Waals surface area contributed by atoms with E-state index in [9.17, 15) is 9.90 Å². The molecule has 0 fully saturated rings. The summed E-state index contributed by atoms with van der Waals surface area (Å²) < 4.78 is 7.84. The number of nitrogens with zero attached hydrogens (tertiary/aromatic N) is 1. The van der Waals surface area contributed by atoms with Crippen LogP contribution in [0, 0.1) is 31.7 Å². The Morgan fingerprint density at radius 2 is 1.50 bits per heavy atom. The van der Waals surface area contributed by atoms with Crippen molar-refractivity contribution in [1.82, 2.24) is 4.98 Å². The molecule has 0 aliphatic rings. The summed E-state index contributed by atoms with van der Waals surface area (Å²) in [5, 5.41) is 17.0. The molecule has 1 radical (unpaired) electrons. The topological polar surface area (TPSA) is 63.3 Å². The van der Waals surface area contributed by atoms with E-state index in [1.165, 1.54) is 42.7 Å². The van der Waals surface area contributed by atoms with Crippen LogP contribution in [-0.4, -0.2) is 23.9 Å². The number of aryl methyl sites for hydroxylation is 2. The zero-order chi connectivity index (χ0) is 38.0. The quantitative estimate of drug-likeness (QED) is 0.0642. The summed E-state index contributed by atoms with van der Waals surface area (Å²) in [5.41, 5.74) is 7.31. The fourth-order valence-corrected chi connectivity index (χ4v) is 9.82. The van der Waals surface area contributed by atoms with Gasteiger partial charge in [0.05, 0.1) is 19.4 Å². The Labute approximate surface area is 339 Å². The van der Waals surface area contributed by atoms with E-state index in [2.05, 4.69) is 112 Å². The molecule has 3 heterocycles. The molecule has 0 aliphatic heterocycles. The first-order valence-electron chi connectivity index (χ1n) is 19.1. The zero-order valence-electron chi connectivity index (χ0n) is 33.0. The first-order valence-corrected chi connectivity index (χ1v) is 23.4. The number of benzene rings is 4. The molecule has 0 spiro atoms.